The van der Waals surface area contributed by atoms with Crippen LogP contribution in [0.25, 0.3) is 0 Å². The van der Waals surface area contributed by atoms with Crippen LogP contribution < -0.4 is 25.3 Å². The highest BCUT2D eigenvalue weighted by molar-refractivity contribution is 5.85. The number of methoxy groups -OCH3 is 3. The predicted molar refractivity (Wildman–Crippen MR) is 95.1 cm³/mol. The maximum atomic E-state index is 12.5. The predicted octanol–water partition coefficient (Wildman–Crippen LogP) is 2.27. The Morgan fingerprint density at radius 2 is 1.67 bits per heavy atom. The van der Waals surface area contributed by atoms with Crippen molar-refractivity contribution in [3.8, 4) is 17.2 Å². The minimum Gasteiger partial charge on any atom is -0.493 e. The molecule has 2 rings (SSSR count). The van der Waals surface area contributed by atoms with Crippen LogP contribution in [0, 0.1) is 5.41 Å². The smallest absolute Gasteiger partial charge is 0.227 e. The zero-order valence-electron chi connectivity index (χ0n) is 14.5. The van der Waals surface area contributed by atoms with Gasteiger partial charge in [-0.05, 0) is 30.5 Å². The molecule has 0 radical (unpaired) electrons. The van der Waals surface area contributed by atoms with Crippen LogP contribution in [0.4, 0.5) is 0 Å². The van der Waals surface area contributed by atoms with Gasteiger partial charge in [-0.25, -0.2) is 0 Å². The van der Waals surface area contributed by atoms with Crippen LogP contribution in [-0.2, 0) is 11.3 Å². The summed E-state index contributed by atoms with van der Waals surface area (Å²) in [7, 11) is 4.70. The summed E-state index contributed by atoms with van der Waals surface area (Å²) >= 11 is 0. The van der Waals surface area contributed by atoms with Crippen molar-refractivity contribution in [2.24, 2.45) is 11.1 Å². The number of carbonyl (C=O) groups excluding carboxylic acids is 1. The molecule has 0 unspecified atom stereocenters. The lowest BCUT2D eigenvalue weighted by Crippen LogP contribution is -2.43. The molecule has 0 saturated heterocycles. The Kier molecular flexibility index (Phi) is 7.63. The molecule has 0 spiro atoms. The molecule has 3 N–H and O–H groups in total. The standard InChI is InChI=1S/C17H26N2O4.ClH/c1-21-13-8-12(9-14(22-2)15(13)23-3)10-19-16(20)17(11-18)6-4-5-7-17;/h8-9H,4-7,10-11,18H2,1-3H3,(H,19,20);1H. The number of hydrogen-bond acceptors (Lipinski definition) is 5. The van der Waals surface area contributed by atoms with Gasteiger partial charge < -0.3 is 25.3 Å². The van der Waals surface area contributed by atoms with Crippen molar-refractivity contribution in [3.05, 3.63) is 17.7 Å². The maximum Gasteiger partial charge on any atom is 0.227 e. The van der Waals surface area contributed by atoms with Crippen molar-refractivity contribution in [1.29, 1.82) is 0 Å². The molecule has 1 aliphatic rings. The first kappa shape index (κ1) is 20.4. The average molecular weight is 359 g/mol. The first-order valence-electron chi connectivity index (χ1n) is 7.87. The van der Waals surface area contributed by atoms with E-state index in [2.05, 4.69) is 5.32 Å². The Labute approximate surface area is 149 Å². The molecule has 136 valence electrons. The highest BCUT2D eigenvalue weighted by Gasteiger charge is 2.39. The summed E-state index contributed by atoms with van der Waals surface area (Å²) in [5, 5.41) is 3.00. The fourth-order valence-corrected chi connectivity index (χ4v) is 3.18. The molecule has 1 fully saturated rings. The van der Waals surface area contributed by atoms with Crippen LogP contribution in [0.3, 0.4) is 0 Å². The van der Waals surface area contributed by atoms with Gasteiger partial charge in [0.1, 0.15) is 0 Å². The van der Waals surface area contributed by atoms with Crippen LogP contribution in [0.2, 0.25) is 0 Å². The van der Waals surface area contributed by atoms with Crippen molar-refractivity contribution in [3.63, 3.8) is 0 Å². The summed E-state index contributed by atoms with van der Waals surface area (Å²) < 4.78 is 16.0. The SMILES string of the molecule is COc1cc(CNC(=O)C2(CN)CCCC2)cc(OC)c1OC.Cl. The lowest BCUT2D eigenvalue weighted by Gasteiger charge is -2.25. The van der Waals surface area contributed by atoms with Gasteiger partial charge >= 0.3 is 0 Å². The van der Waals surface area contributed by atoms with E-state index in [0.29, 0.717) is 30.3 Å². The first-order chi connectivity index (χ1) is 11.1. The van der Waals surface area contributed by atoms with Gasteiger partial charge in [0, 0.05) is 13.1 Å². The molecule has 0 aliphatic heterocycles. The summed E-state index contributed by atoms with van der Waals surface area (Å²) in [5.41, 5.74) is 6.34. The number of nitrogens with two attached hydrogens (primary N) is 1. The quantitative estimate of drug-likeness (QED) is 0.781. The largest absolute Gasteiger partial charge is 0.493 e. The van der Waals surface area contributed by atoms with E-state index in [0.717, 1.165) is 31.2 Å². The summed E-state index contributed by atoms with van der Waals surface area (Å²) in [6.07, 6.45) is 3.86. The fourth-order valence-electron chi connectivity index (χ4n) is 3.18. The van der Waals surface area contributed by atoms with Crippen molar-refractivity contribution in [1.82, 2.24) is 5.32 Å². The molecule has 1 aromatic rings. The number of nitrogens with one attached hydrogen (secondary N) is 1. The van der Waals surface area contributed by atoms with E-state index >= 15 is 0 Å². The monoisotopic (exact) mass is 358 g/mol. The number of benzene rings is 1. The highest BCUT2D eigenvalue weighted by Crippen LogP contribution is 2.39. The minimum absolute atomic E-state index is 0. The Bertz CT molecular complexity index is 535. The van der Waals surface area contributed by atoms with Gasteiger partial charge in [0.05, 0.1) is 26.7 Å². The third kappa shape index (κ3) is 4.05. The van der Waals surface area contributed by atoms with Crippen LogP contribution in [0.15, 0.2) is 12.1 Å². The second kappa shape index (κ2) is 8.99. The van der Waals surface area contributed by atoms with Crippen LogP contribution in [0.1, 0.15) is 31.2 Å². The normalized spacial score (nSPS) is 15.3. The van der Waals surface area contributed by atoms with Crippen molar-refractivity contribution < 1.29 is 19.0 Å². The van der Waals surface area contributed by atoms with Crippen molar-refractivity contribution in [2.45, 2.75) is 32.2 Å². The number of halogens is 1. The summed E-state index contributed by atoms with van der Waals surface area (Å²) in [5.74, 6) is 1.72. The first-order valence-corrected chi connectivity index (χ1v) is 7.87. The summed E-state index contributed by atoms with van der Waals surface area (Å²) in [4.78, 5) is 12.5. The van der Waals surface area contributed by atoms with Gasteiger partial charge in [-0.15, -0.1) is 12.4 Å². The molecule has 24 heavy (non-hydrogen) atoms. The van der Waals surface area contributed by atoms with E-state index in [-0.39, 0.29) is 18.3 Å². The molecule has 7 heteroatoms. The molecule has 0 atom stereocenters. The molecule has 0 aromatic heterocycles. The van der Waals surface area contributed by atoms with Gasteiger partial charge in [0.15, 0.2) is 11.5 Å². The molecule has 1 aliphatic carbocycles. The number of ether oxygens (including phenoxy) is 3. The van der Waals surface area contributed by atoms with E-state index < -0.39 is 5.41 Å². The van der Waals surface area contributed by atoms with Gasteiger partial charge in [0.25, 0.3) is 0 Å². The van der Waals surface area contributed by atoms with E-state index in [1.165, 1.54) is 0 Å². The molecule has 1 amide bonds. The Hall–Kier alpha value is -1.66. The topological polar surface area (TPSA) is 82.8 Å². The Balaban J connectivity index is 0.00000288. The van der Waals surface area contributed by atoms with Gasteiger partial charge in [-0.1, -0.05) is 12.8 Å². The molecule has 6 nitrogen and oxygen atoms in total. The van der Waals surface area contributed by atoms with E-state index in [1.54, 1.807) is 21.3 Å². The molecular weight excluding hydrogens is 332 g/mol. The molecule has 1 saturated carbocycles. The zero-order chi connectivity index (χ0) is 16.9. The minimum atomic E-state index is -0.402. The van der Waals surface area contributed by atoms with E-state index in [4.69, 9.17) is 19.9 Å². The summed E-state index contributed by atoms with van der Waals surface area (Å²) in [6, 6.07) is 3.68. The highest BCUT2D eigenvalue weighted by atomic mass is 35.5. The van der Waals surface area contributed by atoms with Crippen LogP contribution >= 0.6 is 12.4 Å². The number of rotatable bonds is 7. The maximum absolute atomic E-state index is 12.5. The van der Waals surface area contributed by atoms with Gasteiger partial charge in [-0.3, -0.25) is 4.79 Å². The fraction of sp³-hybridized carbons (Fsp3) is 0.588. The van der Waals surface area contributed by atoms with Gasteiger partial charge in [-0.2, -0.15) is 0 Å². The van der Waals surface area contributed by atoms with E-state index in [9.17, 15) is 4.79 Å². The molecule has 0 heterocycles. The number of hydrogen-bond donors (Lipinski definition) is 2. The summed E-state index contributed by atoms with van der Waals surface area (Å²) in [6.45, 7) is 0.797. The molecular formula is C17H27ClN2O4. The van der Waals surface area contributed by atoms with Gasteiger partial charge in [0.2, 0.25) is 11.7 Å². The zero-order valence-corrected chi connectivity index (χ0v) is 15.3. The third-order valence-corrected chi connectivity index (χ3v) is 4.61. The van der Waals surface area contributed by atoms with Crippen molar-refractivity contribution in [2.75, 3.05) is 27.9 Å². The Morgan fingerprint density at radius 1 is 1.12 bits per heavy atom. The lowest BCUT2D eigenvalue weighted by atomic mass is 9.85. The second-order valence-corrected chi connectivity index (χ2v) is 5.91. The van der Waals surface area contributed by atoms with Crippen LogP contribution in [0.5, 0.6) is 17.2 Å². The number of carbonyl (C=O) groups is 1. The van der Waals surface area contributed by atoms with Crippen molar-refractivity contribution >= 4 is 18.3 Å². The van der Waals surface area contributed by atoms with E-state index in [1.807, 2.05) is 12.1 Å². The lowest BCUT2D eigenvalue weighted by molar-refractivity contribution is -0.130. The number of amides is 1. The second-order valence-electron chi connectivity index (χ2n) is 5.91. The molecule has 0 bridgehead atoms. The average Bonchev–Trinajstić information content (AvgIpc) is 3.08. The van der Waals surface area contributed by atoms with Crippen LogP contribution in [-0.4, -0.2) is 33.8 Å². The molecule has 1 aromatic carbocycles. The Morgan fingerprint density at radius 3 is 2.08 bits per heavy atom. The third-order valence-electron chi connectivity index (χ3n) is 4.61.